The number of allylic oxidation sites excluding steroid dienone is 1. The first-order chi connectivity index (χ1) is 17.1. The number of aryl methyl sites for hydroxylation is 2. The molecule has 0 fully saturated rings. The molecule has 0 saturated heterocycles. The second-order valence-corrected chi connectivity index (χ2v) is 14.9. The van der Waals surface area contributed by atoms with Gasteiger partial charge in [0.05, 0.1) is 20.8 Å². The second-order valence-electron chi connectivity index (χ2n) is 10.7. The maximum atomic E-state index is 14.0. The smallest absolute Gasteiger partial charge is 0.187 e. The zero-order valence-corrected chi connectivity index (χ0v) is 23.9. The Morgan fingerprint density at radius 3 is 1.95 bits per heavy atom. The third kappa shape index (κ3) is 6.30. The Morgan fingerprint density at radius 2 is 1.43 bits per heavy atom. The predicted molar refractivity (Wildman–Crippen MR) is 146 cm³/mol. The number of aliphatic hydroxyl groups is 1. The average molecular weight is 545 g/mol. The molecule has 0 bridgehead atoms. The normalized spacial score (nSPS) is 19.7. The number of carbonyl (C=O) groups excluding carboxylic acids is 1. The maximum absolute atomic E-state index is 14.0. The third-order valence-corrected chi connectivity index (χ3v) is 10.8. The first kappa shape index (κ1) is 29.0. The van der Waals surface area contributed by atoms with Gasteiger partial charge < -0.3 is 5.11 Å². The summed E-state index contributed by atoms with van der Waals surface area (Å²) in [6, 6.07) is 13.2. The highest BCUT2D eigenvalue weighted by molar-refractivity contribution is 7.92. The monoisotopic (exact) mass is 544 g/mol. The van der Waals surface area contributed by atoms with Gasteiger partial charge in [0.15, 0.2) is 25.5 Å². The van der Waals surface area contributed by atoms with Crippen LogP contribution in [0.25, 0.3) is 0 Å². The predicted octanol–water partition coefficient (Wildman–Crippen LogP) is 4.93. The van der Waals surface area contributed by atoms with Crippen LogP contribution in [-0.2, 0) is 24.5 Å². The number of benzene rings is 2. The van der Waals surface area contributed by atoms with Crippen LogP contribution in [0.15, 0.2) is 81.1 Å². The number of aliphatic hydroxyl groups excluding tert-OH is 1. The Kier molecular flexibility index (Phi) is 8.37. The molecule has 0 radical (unpaired) electrons. The van der Waals surface area contributed by atoms with Crippen molar-refractivity contribution in [1.82, 2.24) is 0 Å². The molecule has 2 atom stereocenters. The summed E-state index contributed by atoms with van der Waals surface area (Å²) in [5, 5.41) is 9.22. The summed E-state index contributed by atoms with van der Waals surface area (Å²) in [5.41, 5.74) is 2.43. The molecule has 2 aromatic rings. The van der Waals surface area contributed by atoms with Crippen molar-refractivity contribution >= 4 is 25.5 Å². The van der Waals surface area contributed by atoms with Gasteiger partial charge in [0.25, 0.3) is 0 Å². The largest absolute Gasteiger partial charge is 0.385 e. The first-order valence-electron chi connectivity index (χ1n) is 12.3. The molecule has 6 nitrogen and oxygen atoms in total. The van der Waals surface area contributed by atoms with E-state index in [4.69, 9.17) is 0 Å². The van der Waals surface area contributed by atoms with Crippen LogP contribution in [0.5, 0.6) is 0 Å². The minimum absolute atomic E-state index is 0.0269. The fourth-order valence-electron chi connectivity index (χ4n) is 4.98. The average Bonchev–Trinajstić information content (AvgIpc) is 2.81. The van der Waals surface area contributed by atoms with E-state index in [1.165, 1.54) is 0 Å². The van der Waals surface area contributed by atoms with E-state index < -0.39 is 42.2 Å². The molecule has 0 spiro atoms. The third-order valence-electron chi connectivity index (χ3n) is 7.09. The number of rotatable bonds is 8. The fraction of sp³-hybridized carbons (Fsp3) is 0.414. The highest BCUT2D eigenvalue weighted by Crippen LogP contribution is 2.45. The van der Waals surface area contributed by atoms with Crippen molar-refractivity contribution in [1.29, 1.82) is 0 Å². The summed E-state index contributed by atoms with van der Waals surface area (Å²) in [5.74, 6) is -0.736. The van der Waals surface area contributed by atoms with Gasteiger partial charge in [0.2, 0.25) is 0 Å². The topological polar surface area (TPSA) is 106 Å². The van der Waals surface area contributed by atoms with E-state index >= 15 is 0 Å². The van der Waals surface area contributed by atoms with E-state index in [0.29, 0.717) is 11.1 Å². The zero-order valence-electron chi connectivity index (χ0n) is 22.3. The van der Waals surface area contributed by atoms with Gasteiger partial charge in [-0.1, -0.05) is 60.9 Å². The Balaban J connectivity index is 2.06. The molecule has 2 unspecified atom stereocenters. The molecule has 0 heterocycles. The van der Waals surface area contributed by atoms with Crippen LogP contribution < -0.4 is 0 Å². The van der Waals surface area contributed by atoms with Gasteiger partial charge in [-0.3, -0.25) is 4.79 Å². The molecule has 0 saturated carbocycles. The highest BCUT2D eigenvalue weighted by Gasteiger charge is 2.45. The molecule has 200 valence electrons. The molecule has 1 N–H and O–H groups in total. The highest BCUT2D eigenvalue weighted by atomic mass is 32.2. The van der Waals surface area contributed by atoms with Gasteiger partial charge in [-0.2, -0.15) is 0 Å². The van der Waals surface area contributed by atoms with Crippen LogP contribution in [-0.4, -0.2) is 44.8 Å². The fourth-order valence-corrected chi connectivity index (χ4v) is 8.36. The molecule has 0 aromatic heterocycles. The van der Waals surface area contributed by atoms with Crippen molar-refractivity contribution in [3.63, 3.8) is 0 Å². The van der Waals surface area contributed by atoms with Gasteiger partial charge >= 0.3 is 0 Å². The summed E-state index contributed by atoms with van der Waals surface area (Å²) in [4.78, 5) is 13.1. The lowest BCUT2D eigenvalue weighted by molar-refractivity contribution is -0.125. The van der Waals surface area contributed by atoms with Gasteiger partial charge in [-0.05, 0) is 81.4 Å². The number of hydrogen-bond donors (Lipinski definition) is 1. The summed E-state index contributed by atoms with van der Waals surface area (Å²) in [6.07, 6.45) is 0.509. The second kappa shape index (κ2) is 10.7. The van der Waals surface area contributed by atoms with Crippen molar-refractivity contribution in [2.45, 2.75) is 75.5 Å². The van der Waals surface area contributed by atoms with E-state index in [1.807, 2.05) is 27.7 Å². The standard InChI is InChI=1S/C29H36O6S2/c1-19-7-11-23(12-8-19)36(32,33)16-15-21(3)17-26(37(34,35)24-13-9-20(2)10-14-24)27-22(4)28(31)25(30)18-29(27,5)6/h7-15,25-26,30H,16-18H2,1-6H3/b21-15+. The maximum Gasteiger partial charge on any atom is 0.187 e. The van der Waals surface area contributed by atoms with E-state index in [1.54, 1.807) is 68.5 Å². The van der Waals surface area contributed by atoms with Crippen LogP contribution in [0.4, 0.5) is 0 Å². The Hall–Kier alpha value is -2.55. The molecular formula is C29H36O6S2. The molecular weight excluding hydrogens is 508 g/mol. The Bertz CT molecular complexity index is 1440. The van der Waals surface area contributed by atoms with Gasteiger partial charge in [-0.25, -0.2) is 16.8 Å². The van der Waals surface area contributed by atoms with E-state index in [9.17, 15) is 26.7 Å². The van der Waals surface area contributed by atoms with Crippen molar-refractivity contribution in [2.24, 2.45) is 5.41 Å². The van der Waals surface area contributed by atoms with Crippen molar-refractivity contribution in [3.05, 3.63) is 82.5 Å². The quantitative estimate of drug-likeness (QED) is 0.472. The lowest BCUT2D eigenvalue weighted by Gasteiger charge is -2.40. The molecule has 1 aliphatic carbocycles. The number of hydrogen-bond acceptors (Lipinski definition) is 6. The summed E-state index contributed by atoms with van der Waals surface area (Å²) in [6.45, 7) is 10.7. The van der Waals surface area contributed by atoms with Gasteiger partial charge in [0, 0.05) is 0 Å². The van der Waals surface area contributed by atoms with E-state index in [0.717, 1.165) is 11.1 Å². The molecule has 2 aromatic carbocycles. The minimum Gasteiger partial charge on any atom is -0.385 e. The molecule has 0 amide bonds. The number of Topliss-reactive ketones (excluding diaryl/α,β-unsaturated/α-hetero) is 1. The van der Waals surface area contributed by atoms with Crippen LogP contribution in [0, 0.1) is 19.3 Å². The van der Waals surface area contributed by atoms with Crippen molar-refractivity contribution in [2.75, 3.05) is 5.75 Å². The van der Waals surface area contributed by atoms with Gasteiger partial charge in [0.1, 0.15) is 6.10 Å². The molecule has 0 aliphatic heterocycles. The van der Waals surface area contributed by atoms with Crippen LogP contribution in [0.3, 0.4) is 0 Å². The molecule has 37 heavy (non-hydrogen) atoms. The molecule has 8 heteroatoms. The number of ketones is 1. The summed E-state index contributed by atoms with van der Waals surface area (Å²) in [7, 11) is -7.55. The number of sulfone groups is 2. The summed E-state index contributed by atoms with van der Waals surface area (Å²) >= 11 is 0. The zero-order chi connectivity index (χ0) is 27.8. The van der Waals surface area contributed by atoms with Crippen molar-refractivity contribution in [3.8, 4) is 0 Å². The Labute approximate surface area is 221 Å². The SMILES string of the molecule is CC1=C(C(C/C(C)=C/CS(=O)(=O)c2ccc(C)cc2)S(=O)(=O)c2ccc(C)cc2)C(C)(C)CC(O)C1=O. The lowest BCUT2D eigenvalue weighted by atomic mass is 9.69. The van der Waals surface area contributed by atoms with Crippen molar-refractivity contribution < 1.29 is 26.7 Å². The number of carbonyl (C=O) groups is 1. The summed E-state index contributed by atoms with van der Waals surface area (Å²) < 4.78 is 53.8. The molecule has 3 rings (SSSR count). The Morgan fingerprint density at radius 1 is 0.946 bits per heavy atom. The van der Waals surface area contributed by atoms with E-state index in [-0.39, 0.29) is 34.0 Å². The van der Waals surface area contributed by atoms with Gasteiger partial charge in [-0.15, -0.1) is 0 Å². The van der Waals surface area contributed by atoms with Crippen LogP contribution in [0.1, 0.15) is 51.7 Å². The van der Waals surface area contributed by atoms with Crippen LogP contribution in [0.2, 0.25) is 0 Å². The van der Waals surface area contributed by atoms with E-state index in [2.05, 4.69) is 0 Å². The minimum atomic E-state index is -3.95. The van der Waals surface area contributed by atoms with Crippen LogP contribution >= 0.6 is 0 Å². The lowest BCUT2D eigenvalue weighted by Crippen LogP contribution is -2.42. The first-order valence-corrected chi connectivity index (χ1v) is 15.5. The molecule has 1 aliphatic rings.